The van der Waals surface area contributed by atoms with Gasteiger partial charge in [0, 0.05) is 27.1 Å². The maximum atomic E-state index is 13.4. The summed E-state index contributed by atoms with van der Waals surface area (Å²) >= 11 is 2.73. The highest BCUT2D eigenvalue weighted by Crippen LogP contribution is 2.39. The number of benzene rings is 3. The number of thiophene rings is 1. The topological polar surface area (TPSA) is 154 Å². The molecule has 0 bridgehead atoms. The Kier molecular flexibility index (Phi) is 10.3. The SMILES string of the molecule is CC1CCc2c(sc(NC(=O)CSc3cccc(NC(=O)/C(=C\c4ccccc4[N+](=O)[O-])NC(=O)c4ccccc4)c3)c2C#N)C1. The van der Waals surface area contributed by atoms with Crippen LogP contribution < -0.4 is 16.0 Å². The van der Waals surface area contributed by atoms with E-state index in [1.165, 1.54) is 47.4 Å². The molecule has 10 nitrogen and oxygen atoms in total. The second-order valence-electron chi connectivity index (χ2n) is 10.7. The lowest BCUT2D eigenvalue weighted by Crippen LogP contribution is -2.30. The van der Waals surface area contributed by atoms with E-state index in [0.29, 0.717) is 32.6 Å². The third-order valence-electron chi connectivity index (χ3n) is 7.30. The zero-order chi connectivity index (χ0) is 32.6. The van der Waals surface area contributed by atoms with E-state index >= 15 is 0 Å². The van der Waals surface area contributed by atoms with Gasteiger partial charge in [-0.3, -0.25) is 24.5 Å². The van der Waals surface area contributed by atoms with Crippen LogP contribution in [-0.2, 0) is 22.4 Å². The molecule has 4 aromatic rings. The molecule has 46 heavy (non-hydrogen) atoms. The number of nitrogens with one attached hydrogen (secondary N) is 3. The van der Waals surface area contributed by atoms with Crippen LogP contribution in [0.2, 0.25) is 0 Å². The molecule has 0 saturated heterocycles. The van der Waals surface area contributed by atoms with Gasteiger partial charge in [-0.05, 0) is 73.2 Å². The first kappa shape index (κ1) is 32.2. The van der Waals surface area contributed by atoms with E-state index < -0.39 is 16.7 Å². The molecule has 1 heterocycles. The minimum Gasteiger partial charge on any atom is -0.321 e. The molecule has 12 heteroatoms. The van der Waals surface area contributed by atoms with E-state index in [0.717, 1.165) is 29.7 Å². The lowest BCUT2D eigenvalue weighted by atomic mass is 9.89. The standard InChI is InChI=1S/C34H29N5O5S2/c1-21-14-15-26-27(19-35)34(46-30(26)16-21)38-31(40)20-45-25-12-7-11-24(18-25)36-33(42)28(37-32(41)22-8-3-2-4-9-22)17-23-10-5-6-13-29(23)39(43)44/h2-13,17-18,21H,14-16,20H2,1H3,(H,36,42)(H,37,41)(H,38,40)/b28-17+. The summed E-state index contributed by atoms with van der Waals surface area (Å²) in [6.07, 6.45) is 4.04. The minimum atomic E-state index is -0.692. The monoisotopic (exact) mass is 651 g/mol. The van der Waals surface area contributed by atoms with Crippen molar-refractivity contribution in [3.8, 4) is 6.07 Å². The molecule has 0 spiro atoms. The number of para-hydroxylation sites is 1. The predicted octanol–water partition coefficient (Wildman–Crippen LogP) is 6.79. The Hall–Kier alpha value is -5.25. The number of fused-ring (bicyclic) bond motifs is 1. The average molecular weight is 652 g/mol. The number of hydrogen-bond donors (Lipinski definition) is 3. The van der Waals surface area contributed by atoms with Crippen LogP contribution in [0.3, 0.4) is 0 Å². The fourth-order valence-electron chi connectivity index (χ4n) is 5.00. The number of amides is 3. The van der Waals surface area contributed by atoms with Crippen LogP contribution in [0, 0.1) is 27.4 Å². The number of thioether (sulfide) groups is 1. The summed E-state index contributed by atoms with van der Waals surface area (Å²) < 4.78 is 0. The Morgan fingerprint density at radius 2 is 1.83 bits per heavy atom. The molecule has 0 radical (unpaired) electrons. The Morgan fingerprint density at radius 3 is 2.59 bits per heavy atom. The second kappa shape index (κ2) is 14.7. The van der Waals surface area contributed by atoms with Gasteiger partial charge in [-0.25, -0.2) is 0 Å². The highest BCUT2D eigenvalue weighted by Gasteiger charge is 2.25. The van der Waals surface area contributed by atoms with Crippen molar-refractivity contribution in [2.75, 3.05) is 16.4 Å². The van der Waals surface area contributed by atoms with Crippen molar-refractivity contribution < 1.29 is 19.3 Å². The summed E-state index contributed by atoms with van der Waals surface area (Å²) in [4.78, 5) is 52.1. The van der Waals surface area contributed by atoms with Gasteiger partial charge in [-0.15, -0.1) is 23.1 Å². The maximum absolute atomic E-state index is 13.4. The molecule has 1 aliphatic carbocycles. The number of nitrogens with zero attached hydrogens (tertiary/aromatic N) is 2. The molecular formula is C34H29N5O5S2. The predicted molar refractivity (Wildman–Crippen MR) is 180 cm³/mol. The molecule has 0 saturated carbocycles. The van der Waals surface area contributed by atoms with Crippen molar-refractivity contribution in [2.45, 2.75) is 31.1 Å². The van der Waals surface area contributed by atoms with Crippen molar-refractivity contribution in [1.82, 2.24) is 5.32 Å². The van der Waals surface area contributed by atoms with Crippen LogP contribution in [-0.4, -0.2) is 28.4 Å². The molecule has 232 valence electrons. The van der Waals surface area contributed by atoms with Crippen molar-refractivity contribution >= 4 is 63.3 Å². The number of nitro benzene ring substituents is 1. The summed E-state index contributed by atoms with van der Waals surface area (Å²) in [6.45, 7) is 2.19. The number of hydrogen-bond acceptors (Lipinski definition) is 8. The Labute approximate surface area is 273 Å². The Morgan fingerprint density at radius 1 is 1.07 bits per heavy atom. The van der Waals surface area contributed by atoms with Gasteiger partial charge in [-0.2, -0.15) is 5.26 Å². The van der Waals surface area contributed by atoms with Crippen molar-refractivity contribution in [2.24, 2.45) is 5.92 Å². The summed E-state index contributed by atoms with van der Waals surface area (Å²) in [5.74, 6) is -0.870. The van der Waals surface area contributed by atoms with Crippen LogP contribution in [0.5, 0.6) is 0 Å². The summed E-state index contributed by atoms with van der Waals surface area (Å²) in [5, 5.41) is 30.1. The van der Waals surface area contributed by atoms with Crippen LogP contribution in [0.4, 0.5) is 16.4 Å². The number of nitriles is 1. The summed E-state index contributed by atoms with van der Waals surface area (Å²) in [6, 6.07) is 23.3. The summed E-state index contributed by atoms with van der Waals surface area (Å²) in [7, 11) is 0. The highest BCUT2D eigenvalue weighted by atomic mass is 32.2. The van der Waals surface area contributed by atoms with Gasteiger partial charge in [0.25, 0.3) is 17.5 Å². The maximum Gasteiger partial charge on any atom is 0.276 e. The van der Waals surface area contributed by atoms with Crippen molar-refractivity contribution in [3.63, 3.8) is 0 Å². The number of rotatable bonds is 10. The number of carbonyl (C=O) groups is 3. The fraction of sp³-hybridized carbons (Fsp3) is 0.176. The zero-order valence-corrected chi connectivity index (χ0v) is 26.4. The van der Waals surface area contributed by atoms with Gasteiger partial charge in [0.1, 0.15) is 16.8 Å². The van der Waals surface area contributed by atoms with Gasteiger partial charge in [0.2, 0.25) is 5.91 Å². The van der Waals surface area contributed by atoms with Gasteiger partial charge in [-0.1, -0.05) is 43.3 Å². The zero-order valence-electron chi connectivity index (χ0n) is 24.7. The quantitative estimate of drug-likeness (QED) is 0.0738. The molecule has 3 N–H and O–H groups in total. The second-order valence-corrected chi connectivity index (χ2v) is 12.8. The Bertz CT molecular complexity index is 1880. The fourth-order valence-corrected chi connectivity index (χ4v) is 7.14. The van der Waals surface area contributed by atoms with Crippen molar-refractivity contribution in [1.29, 1.82) is 5.26 Å². The highest BCUT2D eigenvalue weighted by molar-refractivity contribution is 8.00. The van der Waals surface area contributed by atoms with Gasteiger partial charge in [0.15, 0.2) is 0 Å². The van der Waals surface area contributed by atoms with Crippen LogP contribution >= 0.6 is 23.1 Å². The molecule has 1 atom stereocenters. The molecule has 3 amide bonds. The minimum absolute atomic E-state index is 0.0806. The first-order valence-corrected chi connectivity index (χ1v) is 16.2. The largest absolute Gasteiger partial charge is 0.321 e. The first-order valence-electron chi connectivity index (χ1n) is 14.4. The smallest absolute Gasteiger partial charge is 0.276 e. The van der Waals surface area contributed by atoms with E-state index in [9.17, 15) is 29.8 Å². The third kappa shape index (κ3) is 7.87. The van der Waals surface area contributed by atoms with E-state index in [-0.39, 0.29) is 28.6 Å². The van der Waals surface area contributed by atoms with Gasteiger partial charge < -0.3 is 16.0 Å². The third-order valence-corrected chi connectivity index (χ3v) is 9.46. The molecule has 1 aliphatic rings. The van der Waals surface area contributed by atoms with Crippen molar-refractivity contribution in [3.05, 3.63) is 122 Å². The van der Waals surface area contributed by atoms with E-state index in [1.54, 1.807) is 60.7 Å². The van der Waals surface area contributed by atoms with Crippen LogP contribution in [0.1, 0.15) is 45.3 Å². The lowest BCUT2D eigenvalue weighted by molar-refractivity contribution is -0.385. The van der Waals surface area contributed by atoms with Crippen LogP contribution in [0.15, 0.2) is 89.5 Å². The molecule has 1 unspecified atom stereocenters. The number of carbonyl (C=O) groups excluding carboxylic acids is 3. The van der Waals surface area contributed by atoms with E-state index in [1.807, 2.05) is 0 Å². The number of anilines is 2. The normalized spacial score (nSPS) is 14.0. The van der Waals surface area contributed by atoms with Gasteiger partial charge in [0.05, 0.1) is 21.8 Å². The molecular weight excluding hydrogens is 623 g/mol. The molecule has 3 aromatic carbocycles. The van der Waals surface area contributed by atoms with Gasteiger partial charge >= 0.3 is 0 Å². The average Bonchev–Trinajstić information content (AvgIpc) is 3.39. The molecule has 0 fully saturated rings. The molecule has 0 aliphatic heterocycles. The summed E-state index contributed by atoms with van der Waals surface area (Å²) in [5.41, 5.74) is 2.03. The van der Waals surface area contributed by atoms with E-state index in [2.05, 4.69) is 28.9 Å². The van der Waals surface area contributed by atoms with E-state index in [4.69, 9.17) is 0 Å². The molecule has 1 aromatic heterocycles. The lowest BCUT2D eigenvalue weighted by Gasteiger charge is -2.17. The Balaban J connectivity index is 1.29. The first-order chi connectivity index (χ1) is 22.2. The number of nitro groups is 1. The molecule has 5 rings (SSSR count). The van der Waals surface area contributed by atoms with Crippen LogP contribution in [0.25, 0.3) is 6.08 Å².